The summed E-state index contributed by atoms with van der Waals surface area (Å²) in [7, 11) is 0. The van der Waals surface area contributed by atoms with Gasteiger partial charge in [-0.15, -0.1) is 0 Å². The Morgan fingerprint density at radius 2 is 1.71 bits per heavy atom. The van der Waals surface area contributed by atoms with Crippen molar-refractivity contribution in [3.63, 3.8) is 0 Å². The summed E-state index contributed by atoms with van der Waals surface area (Å²) in [6, 6.07) is 26.4. The van der Waals surface area contributed by atoms with Crippen LogP contribution in [0.5, 0.6) is 0 Å². The molecule has 0 atom stereocenters. The minimum Gasteiger partial charge on any atom is -0.325 e. The Hall–Kier alpha value is -2.50. The van der Waals surface area contributed by atoms with Crippen molar-refractivity contribution in [1.29, 1.82) is 0 Å². The summed E-state index contributed by atoms with van der Waals surface area (Å²) in [5, 5.41) is 3.07. The molecule has 140 valence electrons. The predicted octanol–water partition coefficient (Wildman–Crippen LogP) is 5.88. The molecule has 0 bridgehead atoms. The molecular formula is C23H20N2OS2. The van der Waals surface area contributed by atoms with Crippen molar-refractivity contribution in [2.45, 2.75) is 12.2 Å². The van der Waals surface area contributed by atoms with Gasteiger partial charge in [-0.05, 0) is 35.2 Å². The molecule has 0 aliphatic carbocycles. The van der Waals surface area contributed by atoms with E-state index in [9.17, 15) is 4.79 Å². The van der Waals surface area contributed by atoms with Gasteiger partial charge in [0.2, 0.25) is 5.91 Å². The van der Waals surface area contributed by atoms with E-state index in [1.807, 2.05) is 54.6 Å². The molecule has 0 saturated carbocycles. The molecule has 1 amide bonds. The lowest BCUT2D eigenvalue weighted by Crippen LogP contribution is -2.16. The molecule has 1 aliphatic rings. The Labute approximate surface area is 173 Å². The molecule has 1 aliphatic heterocycles. The van der Waals surface area contributed by atoms with Crippen LogP contribution >= 0.6 is 23.5 Å². The predicted molar refractivity (Wildman–Crippen MR) is 122 cm³/mol. The van der Waals surface area contributed by atoms with Gasteiger partial charge in [-0.3, -0.25) is 4.79 Å². The lowest BCUT2D eigenvalue weighted by molar-refractivity contribution is -0.113. The zero-order valence-corrected chi connectivity index (χ0v) is 16.9. The fraction of sp³-hybridized carbons (Fsp3) is 0.130. The number of nitrogens with one attached hydrogen (secondary N) is 1. The zero-order chi connectivity index (χ0) is 19.2. The first kappa shape index (κ1) is 18.8. The summed E-state index contributed by atoms with van der Waals surface area (Å²) in [5.41, 5.74) is 5.48. The van der Waals surface area contributed by atoms with Crippen LogP contribution in [0.25, 0.3) is 0 Å². The van der Waals surface area contributed by atoms with Crippen LogP contribution in [0.4, 0.5) is 11.4 Å². The van der Waals surface area contributed by atoms with E-state index in [-0.39, 0.29) is 5.91 Å². The number of para-hydroxylation sites is 2. The summed E-state index contributed by atoms with van der Waals surface area (Å²) in [4.78, 5) is 17.2. The van der Waals surface area contributed by atoms with Crippen molar-refractivity contribution in [3.8, 4) is 0 Å². The number of fused-ring (bicyclic) bond motifs is 1. The fourth-order valence-corrected chi connectivity index (χ4v) is 4.87. The van der Waals surface area contributed by atoms with Gasteiger partial charge in [0.1, 0.15) is 4.38 Å². The Bertz CT molecular complexity index is 1000. The lowest BCUT2D eigenvalue weighted by atomic mass is 10.0. The summed E-state index contributed by atoms with van der Waals surface area (Å²) in [5.74, 6) is 1.25. The van der Waals surface area contributed by atoms with E-state index in [2.05, 4.69) is 34.6 Å². The standard InChI is InChI=1S/C23H20N2OS2/c26-22(16-28-23-25-21-13-7-5-11-19(21)15-27-23)24-20-12-6-4-10-18(20)14-17-8-2-1-3-9-17/h1-13H,14-16H2,(H,24,26). The number of rotatable bonds is 5. The van der Waals surface area contributed by atoms with E-state index < -0.39 is 0 Å². The first-order valence-electron chi connectivity index (χ1n) is 9.12. The maximum atomic E-state index is 12.5. The average molecular weight is 405 g/mol. The van der Waals surface area contributed by atoms with E-state index in [1.165, 1.54) is 22.9 Å². The Kier molecular flexibility index (Phi) is 6.14. The Morgan fingerprint density at radius 3 is 2.61 bits per heavy atom. The molecule has 5 heteroatoms. The number of hydrogen-bond donors (Lipinski definition) is 1. The first-order chi connectivity index (χ1) is 13.8. The highest BCUT2D eigenvalue weighted by Crippen LogP contribution is 2.34. The van der Waals surface area contributed by atoms with Crippen LogP contribution in [0, 0.1) is 0 Å². The Balaban J connectivity index is 1.38. The van der Waals surface area contributed by atoms with E-state index in [1.54, 1.807) is 11.8 Å². The van der Waals surface area contributed by atoms with Crippen LogP contribution in [0.3, 0.4) is 0 Å². The number of benzene rings is 3. The summed E-state index contributed by atoms with van der Waals surface area (Å²) < 4.78 is 0.950. The molecule has 3 aromatic carbocycles. The highest BCUT2D eigenvalue weighted by molar-refractivity contribution is 8.38. The number of nitrogens with zero attached hydrogens (tertiary/aromatic N) is 1. The third-order valence-electron chi connectivity index (χ3n) is 4.41. The summed E-state index contributed by atoms with van der Waals surface area (Å²) in [6.07, 6.45) is 0.795. The largest absolute Gasteiger partial charge is 0.325 e. The number of aliphatic imine (C=N–C) groups is 1. The highest BCUT2D eigenvalue weighted by atomic mass is 32.2. The molecule has 0 saturated heterocycles. The van der Waals surface area contributed by atoms with Crippen LogP contribution in [-0.4, -0.2) is 16.0 Å². The van der Waals surface area contributed by atoms with E-state index in [0.29, 0.717) is 5.75 Å². The molecule has 3 aromatic rings. The second kappa shape index (κ2) is 9.13. The van der Waals surface area contributed by atoms with Gasteiger partial charge >= 0.3 is 0 Å². The second-order valence-electron chi connectivity index (χ2n) is 6.45. The van der Waals surface area contributed by atoms with E-state index in [4.69, 9.17) is 0 Å². The molecule has 1 N–H and O–H groups in total. The number of carbonyl (C=O) groups excluding carboxylic acids is 1. The number of carbonyl (C=O) groups is 1. The van der Waals surface area contributed by atoms with Crippen LogP contribution < -0.4 is 5.32 Å². The molecule has 28 heavy (non-hydrogen) atoms. The average Bonchev–Trinajstić information content (AvgIpc) is 2.74. The monoisotopic (exact) mass is 404 g/mol. The van der Waals surface area contributed by atoms with Gasteiger partial charge in [-0.2, -0.15) is 0 Å². The van der Waals surface area contributed by atoms with Crippen LogP contribution in [0.1, 0.15) is 16.7 Å². The lowest BCUT2D eigenvalue weighted by Gasteiger charge is -2.14. The maximum Gasteiger partial charge on any atom is 0.234 e. The van der Waals surface area contributed by atoms with Gasteiger partial charge < -0.3 is 5.32 Å². The van der Waals surface area contributed by atoms with Gasteiger partial charge in [-0.1, -0.05) is 90.3 Å². The normalized spacial score (nSPS) is 12.8. The van der Waals surface area contributed by atoms with E-state index >= 15 is 0 Å². The maximum absolute atomic E-state index is 12.5. The topological polar surface area (TPSA) is 41.5 Å². The number of hydrogen-bond acceptors (Lipinski definition) is 4. The summed E-state index contributed by atoms with van der Waals surface area (Å²) in [6.45, 7) is 0. The molecule has 0 unspecified atom stereocenters. The third kappa shape index (κ3) is 4.86. The van der Waals surface area contributed by atoms with Crippen molar-refractivity contribution in [3.05, 3.63) is 95.6 Å². The van der Waals surface area contributed by atoms with Crippen LogP contribution in [-0.2, 0) is 17.0 Å². The molecule has 1 heterocycles. The van der Waals surface area contributed by atoms with Crippen molar-refractivity contribution in [1.82, 2.24) is 0 Å². The van der Waals surface area contributed by atoms with Crippen molar-refractivity contribution >= 4 is 45.2 Å². The quantitative estimate of drug-likeness (QED) is 0.577. The van der Waals surface area contributed by atoms with Gasteiger partial charge in [0.15, 0.2) is 0 Å². The SMILES string of the molecule is O=C(CSC1=Nc2ccccc2CS1)Nc1ccccc1Cc1ccccc1. The number of amides is 1. The molecule has 0 fully saturated rings. The van der Waals surface area contributed by atoms with Gasteiger partial charge in [-0.25, -0.2) is 4.99 Å². The summed E-state index contributed by atoms with van der Waals surface area (Å²) >= 11 is 3.19. The molecule has 0 aromatic heterocycles. The smallest absolute Gasteiger partial charge is 0.234 e. The molecule has 0 radical (unpaired) electrons. The van der Waals surface area contributed by atoms with Gasteiger partial charge in [0.05, 0.1) is 11.4 Å². The van der Waals surface area contributed by atoms with E-state index in [0.717, 1.165) is 33.5 Å². The van der Waals surface area contributed by atoms with Crippen molar-refractivity contribution in [2.75, 3.05) is 11.1 Å². The van der Waals surface area contributed by atoms with Gasteiger partial charge in [0, 0.05) is 11.4 Å². The Morgan fingerprint density at radius 1 is 0.964 bits per heavy atom. The molecule has 4 rings (SSSR count). The van der Waals surface area contributed by atoms with Crippen LogP contribution in [0.15, 0.2) is 83.9 Å². The minimum atomic E-state index is -0.00679. The molecule has 0 spiro atoms. The second-order valence-corrected chi connectivity index (χ2v) is 8.64. The van der Waals surface area contributed by atoms with Gasteiger partial charge in [0.25, 0.3) is 0 Å². The molecular weight excluding hydrogens is 384 g/mol. The highest BCUT2D eigenvalue weighted by Gasteiger charge is 2.14. The number of anilines is 1. The molecule has 3 nitrogen and oxygen atoms in total. The first-order valence-corrected chi connectivity index (χ1v) is 11.1. The zero-order valence-electron chi connectivity index (χ0n) is 15.3. The number of thioether (sulfide) groups is 2. The third-order valence-corrected chi connectivity index (χ3v) is 6.66. The minimum absolute atomic E-state index is 0.00679. The van der Waals surface area contributed by atoms with Crippen molar-refractivity contribution < 1.29 is 4.79 Å². The fourth-order valence-electron chi connectivity index (χ4n) is 3.01. The van der Waals surface area contributed by atoms with Crippen LogP contribution in [0.2, 0.25) is 0 Å². The van der Waals surface area contributed by atoms with Crippen molar-refractivity contribution in [2.24, 2.45) is 4.99 Å².